The number of aliphatic hydroxyl groups excluding tert-OH is 1. The topological polar surface area (TPSA) is 64.3 Å². The molecule has 0 aliphatic heterocycles. The summed E-state index contributed by atoms with van der Waals surface area (Å²) in [6.07, 6.45) is 0.937. The van der Waals surface area contributed by atoms with Crippen molar-refractivity contribution in [2.45, 2.75) is 19.2 Å². The van der Waals surface area contributed by atoms with Gasteiger partial charge < -0.3 is 23.7 Å². The summed E-state index contributed by atoms with van der Waals surface area (Å²) in [6.45, 7) is 1.62. The lowest BCUT2D eigenvalue weighted by Crippen LogP contribution is -2.35. The van der Waals surface area contributed by atoms with Crippen molar-refractivity contribution < 1.29 is 23.7 Å². The van der Waals surface area contributed by atoms with E-state index in [1.165, 1.54) is 0 Å². The van der Waals surface area contributed by atoms with E-state index >= 15 is 0 Å². The number of furan rings is 1. The van der Waals surface area contributed by atoms with Crippen LogP contribution in [0.5, 0.6) is 17.2 Å². The quantitative estimate of drug-likeness (QED) is 0.485. The summed E-state index contributed by atoms with van der Waals surface area (Å²) in [4.78, 5) is 2.08. The maximum absolute atomic E-state index is 10.6. The number of ether oxygens (including phenoxy) is 3. The third-order valence-corrected chi connectivity index (χ3v) is 4.81. The number of hydrogen-bond acceptors (Lipinski definition) is 6. The molecule has 6 nitrogen and oxygen atoms in total. The summed E-state index contributed by atoms with van der Waals surface area (Å²) in [5, 5.41) is 11.2. The Bertz CT molecular complexity index is 898. The number of aliphatic hydroxyl groups is 1. The molecular weight excluding hydrogens is 406 g/mol. The molecule has 1 aromatic heterocycles. The second kappa shape index (κ2) is 10.9. The molecule has 1 heterocycles. The van der Waals surface area contributed by atoms with Crippen LogP contribution in [-0.2, 0) is 13.1 Å². The largest absolute Gasteiger partial charge is 0.493 e. The van der Waals surface area contributed by atoms with Crippen LogP contribution in [0.15, 0.2) is 65.3 Å². The zero-order chi connectivity index (χ0) is 21.3. The molecule has 0 bridgehead atoms. The van der Waals surface area contributed by atoms with E-state index in [9.17, 15) is 5.11 Å². The van der Waals surface area contributed by atoms with Crippen molar-refractivity contribution in [3.63, 3.8) is 0 Å². The summed E-state index contributed by atoms with van der Waals surface area (Å²) in [5.74, 6) is 2.81. The summed E-state index contributed by atoms with van der Waals surface area (Å²) in [7, 11) is 3.23. The van der Waals surface area contributed by atoms with E-state index < -0.39 is 6.10 Å². The molecule has 0 aliphatic rings. The van der Waals surface area contributed by atoms with Crippen molar-refractivity contribution >= 4 is 11.6 Å². The van der Waals surface area contributed by atoms with Gasteiger partial charge in [-0.25, -0.2) is 0 Å². The smallest absolute Gasteiger partial charge is 0.165 e. The lowest BCUT2D eigenvalue weighted by Gasteiger charge is -2.25. The SMILES string of the molecule is COc1cccc(CN(Cc2ccco2)CC(O)COc2ccc(Cl)cc2)c1OC. The highest BCUT2D eigenvalue weighted by Gasteiger charge is 2.18. The first-order valence-corrected chi connectivity index (χ1v) is 9.98. The average Bonchev–Trinajstić information content (AvgIpc) is 3.26. The van der Waals surface area contributed by atoms with Crippen LogP contribution in [-0.4, -0.2) is 43.5 Å². The molecular formula is C23H26ClNO5. The fraction of sp³-hybridized carbons (Fsp3) is 0.304. The molecule has 7 heteroatoms. The number of hydrogen-bond donors (Lipinski definition) is 1. The molecule has 1 unspecified atom stereocenters. The molecule has 3 aromatic rings. The van der Waals surface area contributed by atoms with Crippen LogP contribution in [0.1, 0.15) is 11.3 Å². The maximum atomic E-state index is 10.6. The highest BCUT2D eigenvalue weighted by Crippen LogP contribution is 2.31. The maximum Gasteiger partial charge on any atom is 0.165 e. The Morgan fingerprint density at radius 2 is 1.80 bits per heavy atom. The Morgan fingerprint density at radius 1 is 1.00 bits per heavy atom. The highest BCUT2D eigenvalue weighted by molar-refractivity contribution is 6.30. The minimum atomic E-state index is -0.702. The van der Waals surface area contributed by atoms with Gasteiger partial charge in [-0.05, 0) is 42.5 Å². The standard InChI is InChI=1S/C23H26ClNO5/c1-27-22-7-3-5-17(23(22)28-2)13-25(15-21-6-4-12-29-21)14-19(26)16-30-20-10-8-18(24)9-11-20/h3-12,19,26H,13-16H2,1-2H3. The minimum absolute atomic E-state index is 0.158. The summed E-state index contributed by atoms with van der Waals surface area (Å²) < 4.78 is 22.1. The molecule has 1 atom stereocenters. The fourth-order valence-corrected chi connectivity index (χ4v) is 3.33. The summed E-state index contributed by atoms with van der Waals surface area (Å²) in [6, 6.07) is 16.6. The Kier molecular flexibility index (Phi) is 8.02. The van der Waals surface area contributed by atoms with Crippen molar-refractivity contribution in [3.05, 3.63) is 77.2 Å². The van der Waals surface area contributed by atoms with Crippen molar-refractivity contribution in [1.82, 2.24) is 4.90 Å². The normalized spacial score (nSPS) is 12.0. The highest BCUT2D eigenvalue weighted by atomic mass is 35.5. The Balaban J connectivity index is 1.68. The molecule has 1 N–H and O–H groups in total. The predicted molar refractivity (Wildman–Crippen MR) is 115 cm³/mol. The number of para-hydroxylation sites is 1. The lowest BCUT2D eigenvalue weighted by molar-refractivity contribution is 0.0601. The molecule has 0 spiro atoms. The molecule has 30 heavy (non-hydrogen) atoms. The van der Waals surface area contributed by atoms with Crippen molar-refractivity contribution in [2.24, 2.45) is 0 Å². The number of halogens is 1. The van der Waals surface area contributed by atoms with Crippen LogP contribution >= 0.6 is 11.6 Å². The number of rotatable bonds is 11. The van der Waals surface area contributed by atoms with Gasteiger partial charge in [0.05, 0.1) is 27.0 Å². The number of benzene rings is 2. The molecule has 0 fully saturated rings. The monoisotopic (exact) mass is 431 g/mol. The molecule has 3 rings (SSSR count). The van der Waals surface area contributed by atoms with Crippen LogP contribution in [0.3, 0.4) is 0 Å². The van der Waals surface area contributed by atoms with Crippen LogP contribution in [0.4, 0.5) is 0 Å². The van der Waals surface area contributed by atoms with E-state index in [-0.39, 0.29) is 6.61 Å². The third kappa shape index (κ3) is 6.16. The summed E-state index contributed by atoms with van der Waals surface area (Å²) >= 11 is 5.89. The zero-order valence-corrected chi connectivity index (χ0v) is 17.8. The van der Waals surface area contributed by atoms with Crippen LogP contribution in [0.2, 0.25) is 5.02 Å². The van der Waals surface area contributed by atoms with Gasteiger partial charge in [-0.2, -0.15) is 0 Å². The van der Waals surface area contributed by atoms with E-state index in [2.05, 4.69) is 4.90 Å². The number of methoxy groups -OCH3 is 2. The Hall–Kier alpha value is -2.67. The first-order valence-electron chi connectivity index (χ1n) is 9.60. The molecule has 0 aliphatic carbocycles. The summed E-state index contributed by atoms with van der Waals surface area (Å²) in [5.41, 5.74) is 0.953. The molecule has 160 valence electrons. The molecule has 0 amide bonds. The molecule has 0 saturated heterocycles. The first kappa shape index (κ1) is 22.0. The van der Waals surface area contributed by atoms with E-state index in [1.54, 1.807) is 44.7 Å². The lowest BCUT2D eigenvalue weighted by atomic mass is 10.1. The van der Waals surface area contributed by atoms with E-state index in [0.717, 1.165) is 11.3 Å². The Morgan fingerprint density at radius 3 is 2.47 bits per heavy atom. The van der Waals surface area contributed by atoms with Gasteiger partial charge in [0.25, 0.3) is 0 Å². The van der Waals surface area contributed by atoms with Crippen LogP contribution in [0, 0.1) is 0 Å². The van der Waals surface area contributed by atoms with Gasteiger partial charge >= 0.3 is 0 Å². The van der Waals surface area contributed by atoms with Gasteiger partial charge in [0.15, 0.2) is 11.5 Å². The second-order valence-corrected chi connectivity index (χ2v) is 7.26. The Labute approximate surface area is 181 Å². The van der Waals surface area contributed by atoms with E-state index in [1.807, 2.05) is 30.3 Å². The minimum Gasteiger partial charge on any atom is -0.493 e. The van der Waals surface area contributed by atoms with Gasteiger partial charge in [-0.15, -0.1) is 0 Å². The van der Waals surface area contributed by atoms with Crippen molar-refractivity contribution in [1.29, 1.82) is 0 Å². The molecule has 0 radical (unpaired) electrons. The first-order chi connectivity index (χ1) is 14.6. The van der Waals surface area contributed by atoms with Crippen molar-refractivity contribution in [3.8, 4) is 17.2 Å². The van der Waals surface area contributed by atoms with Crippen LogP contribution in [0.25, 0.3) is 0 Å². The van der Waals surface area contributed by atoms with Gasteiger partial charge in [-0.1, -0.05) is 23.7 Å². The third-order valence-electron chi connectivity index (χ3n) is 4.56. The average molecular weight is 432 g/mol. The van der Waals surface area contributed by atoms with Gasteiger partial charge in [0.1, 0.15) is 24.2 Å². The second-order valence-electron chi connectivity index (χ2n) is 6.82. The molecule has 2 aromatic carbocycles. The predicted octanol–water partition coefficient (Wildman–Crippen LogP) is 4.39. The molecule has 0 saturated carbocycles. The van der Waals surface area contributed by atoms with Crippen molar-refractivity contribution in [2.75, 3.05) is 27.4 Å². The van der Waals surface area contributed by atoms with Gasteiger partial charge in [0.2, 0.25) is 0 Å². The number of nitrogens with zero attached hydrogens (tertiary/aromatic N) is 1. The fourth-order valence-electron chi connectivity index (χ4n) is 3.20. The van der Waals surface area contributed by atoms with Gasteiger partial charge in [-0.3, -0.25) is 4.90 Å². The van der Waals surface area contributed by atoms with Crippen LogP contribution < -0.4 is 14.2 Å². The van der Waals surface area contributed by atoms with E-state index in [4.69, 9.17) is 30.2 Å². The van der Waals surface area contributed by atoms with Gasteiger partial charge in [0, 0.05) is 23.7 Å². The zero-order valence-electron chi connectivity index (χ0n) is 17.1. The van der Waals surface area contributed by atoms with E-state index in [0.29, 0.717) is 41.9 Å².